The molecule has 0 radical (unpaired) electrons. The molecule has 1 fully saturated rings. The van der Waals surface area contributed by atoms with Gasteiger partial charge in [-0.2, -0.15) is 0 Å². The summed E-state index contributed by atoms with van der Waals surface area (Å²) >= 11 is 0. The van der Waals surface area contributed by atoms with E-state index in [1.165, 1.54) is 12.3 Å². The molecule has 2 heterocycles. The summed E-state index contributed by atoms with van der Waals surface area (Å²) < 4.78 is 21.0. The molecule has 0 aromatic carbocycles. The Balaban J connectivity index is 1.72. The van der Waals surface area contributed by atoms with E-state index in [1.807, 2.05) is 13.8 Å². The van der Waals surface area contributed by atoms with Crippen molar-refractivity contribution >= 4 is 12.0 Å². The lowest BCUT2D eigenvalue weighted by molar-refractivity contribution is -0.154. The fraction of sp³-hybridized carbons (Fsp3) is 0.462. The van der Waals surface area contributed by atoms with Crippen molar-refractivity contribution in [3.05, 3.63) is 30.2 Å². The second-order valence-electron chi connectivity index (χ2n) is 4.43. The maximum Gasteiger partial charge on any atom is 0.330 e. The highest BCUT2D eigenvalue weighted by Gasteiger charge is 2.33. The first kappa shape index (κ1) is 12.9. The number of hydrogen-bond donors (Lipinski definition) is 0. The van der Waals surface area contributed by atoms with Crippen molar-refractivity contribution in [1.82, 2.24) is 0 Å². The molecule has 0 saturated carbocycles. The van der Waals surface area contributed by atoms with Crippen LogP contribution in [0.15, 0.2) is 28.9 Å². The number of ether oxygens (including phenoxy) is 3. The van der Waals surface area contributed by atoms with Crippen molar-refractivity contribution in [1.29, 1.82) is 0 Å². The van der Waals surface area contributed by atoms with Gasteiger partial charge in [0.1, 0.15) is 18.5 Å². The number of esters is 1. The summed E-state index contributed by atoms with van der Waals surface area (Å²) in [5.74, 6) is -0.422. The summed E-state index contributed by atoms with van der Waals surface area (Å²) in [5, 5.41) is 0. The minimum atomic E-state index is -0.596. The standard InChI is InChI=1S/C13H16O5/c1-13(2)17-9-11(18-13)8-16-12(14)6-5-10-4-3-7-15-10/h3-7,11H,8-9H2,1-2H3. The highest BCUT2D eigenvalue weighted by Crippen LogP contribution is 2.22. The summed E-state index contributed by atoms with van der Waals surface area (Å²) in [6.07, 6.45) is 4.20. The summed E-state index contributed by atoms with van der Waals surface area (Å²) in [5.41, 5.74) is 0. The van der Waals surface area contributed by atoms with E-state index >= 15 is 0 Å². The summed E-state index contributed by atoms with van der Waals surface area (Å²) in [6, 6.07) is 3.50. The van der Waals surface area contributed by atoms with Gasteiger partial charge in [-0.3, -0.25) is 0 Å². The van der Waals surface area contributed by atoms with Gasteiger partial charge >= 0.3 is 5.97 Å². The average molecular weight is 252 g/mol. The number of hydrogen-bond acceptors (Lipinski definition) is 5. The molecular weight excluding hydrogens is 236 g/mol. The van der Waals surface area contributed by atoms with E-state index in [0.717, 1.165) is 0 Å². The molecule has 1 aliphatic rings. The Morgan fingerprint density at radius 2 is 2.44 bits per heavy atom. The molecule has 5 heteroatoms. The molecule has 5 nitrogen and oxygen atoms in total. The molecule has 1 atom stereocenters. The smallest absolute Gasteiger partial charge is 0.330 e. The predicted molar refractivity (Wildman–Crippen MR) is 63.6 cm³/mol. The molecule has 18 heavy (non-hydrogen) atoms. The Morgan fingerprint density at radius 3 is 3.06 bits per heavy atom. The van der Waals surface area contributed by atoms with Gasteiger partial charge in [-0.25, -0.2) is 4.79 Å². The first-order valence-electron chi connectivity index (χ1n) is 5.75. The molecule has 1 aromatic rings. The topological polar surface area (TPSA) is 57.9 Å². The highest BCUT2D eigenvalue weighted by atomic mass is 16.7. The fourth-order valence-corrected chi connectivity index (χ4v) is 1.60. The van der Waals surface area contributed by atoms with Gasteiger partial charge in [-0.1, -0.05) is 0 Å². The van der Waals surface area contributed by atoms with Crippen LogP contribution >= 0.6 is 0 Å². The highest BCUT2D eigenvalue weighted by molar-refractivity contribution is 5.86. The maximum absolute atomic E-state index is 11.4. The van der Waals surface area contributed by atoms with Gasteiger partial charge in [0.2, 0.25) is 0 Å². The van der Waals surface area contributed by atoms with E-state index in [2.05, 4.69) is 0 Å². The van der Waals surface area contributed by atoms with Crippen LogP contribution in [-0.4, -0.2) is 31.1 Å². The number of furan rings is 1. The number of carbonyl (C=O) groups excluding carboxylic acids is 1. The Hall–Kier alpha value is -1.59. The molecular formula is C13H16O5. The lowest BCUT2D eigenvalue weighted by Gasteiger charge is -2.16. The van der Waals surface area contributed by atoms with Crippen LogP contribution in [0.5, 0.6) is 0 Å². The molecule has 2 rings (SSSR count). The normalized spacial score (nSPS) is 22.4. The molecule has 0 N–H and O–H groups in total. The third kappa shape index (κ3) is 3.72. The zero-order valence-electron chi connectivity index (χ0n) is 10.4. The molecule has 1 aromatic heterocycles. The number of rotatable bonds is 4. The van der Waals surface area contributed by atoms with Gasteiger partial charge < -0.3 is 18.6 Å². The van der Waals surface area contributed by atoms with E-state index in [1.54, 1.807) is 18.2 Å². The van der Waals surface area contributed by atoms with Gasteiger partial charge in [-0.15, -0.1) is 0 Å². The molecule has 1 unspecified atom stereocenters. The Labute approximate surface area is 105 Å². The van der Waals surface area contributed by atoms with Crippen LogP contribution in [0.3, 0.4) is 0 Å². The van der Waals surface area contributed by atoms with Crippen molar-refractivity contribution in [3.63, 3.8) is 0 Å². The summed E-state index contributed by atoms with van der Waals surface area (Å²) in [4.78, 5) is 11.4. The Bertz CT molecular complexity index is 419. The minimum absolute atomic E-state index is 0.185. The van der Waals surface area contributed by atoms with Crippen molar-refractivity contribution in [2.45, 2.75) is 25.7 Å². The third-order valence-electron chi connectivity index (χ3n) is 2.41. The van der Waals surface area contributed by atoms with E-state index in [9.17, 15) is 4.79 Å². The first-order chi connectivity index (χ1) is 8.55. The quantitative estimate of drug-likeness (QED) is 0.606. The van der Waals surface area contributed by atoms with Crippen LogP contribution in [0.25, 0.3) is 6.08 Å². The Kier molecular flexibility index (Phi) is 3.84. The van der Waals surface area contributed by atoms with Crippen LogP contribution in [0.2, 0.25) is 0 Å². The van der Waals surface area contributed by atoms with E-state index in [0.29, 0.717) is 12.4 Å². The molecule has 98 valence electrons. The fourth-order valence-electron chi connectivity index (χ4n) is 1.60. The molecule has 0 spiro atoms. The third-order valence-corrected chi connectivity index (χ3v) is 2.41. The van der Waals surface area contributed by atoms with Gasteiger partial charge in [0.25, 0.3) is 0 Å². The lowest BCUT2D eigenvalue weighted by Crippen LogP contribution is -2.24. The minimum Gasteiger partial charge on any atom is -0.465 e. The van der Waals surface area contributed by atoms with E-state index < -0.39 is 11.8 Å². The van der Waals surface area contributed by atoms with Crippen LogP contribution in [-0.2, 0) is 19.0 Å². The maximum atomic E-state index is 11.4. The lowest BCUT2D eigenvalue weighted by atomic mass is 10.4. The van der Waals surface area contributed by atoms with Crippen molar-refractivity contribution in [2.24, 2.45) is 0 Å². The van der Waals surface area contributed by atoms with E-state index in [4.69, 9.17) is 18.6 Å². The zero-order chi connectivity index (χ0) is 13.0. The van der Waals surface area contributed by atoms with Crippen LogP contribution in [0.4, 0.5) is 0 Å². The van der Waals surface area contributed by atoms with Crippen molar-refractivity contribution < 1.29 is 23.4 Å². The van der Waals surface area contributed by atoms with Gasteiger partial charge in [0.15, 0.2) is 5.79 Å². The molecule has 0 bridgehead atoms. The monoisotopic (exact) mass is 252 g/mol. The van der Waals surface area contributed by atoms with Gasteiger partial charge in [-0.05, 0) is 32.1 Å². The van der Waals surface area contributed by atoms with Crippen molar-refractivity contribution in [2.75, 3.05) is 13.2 Å². The molecule has 0 aliphatic carbocycles. The van der Waals surface area contributed by atoms with Gasteiger partial charge in [0.05, 0.1) is 12.9 Å². The zero-order valence-corrected chi connectivity index (χ0v) is 10.4. The average Bonchev–Trinajstić information content (AvgIpc) is 2.93. The molecule has 1 aliphatic heterocycles. The predicted octanol–water partition coefficient (Wildman–Crippen LogP) is 1.99. The largest absolute Gasteiger partial charge is 0.465 e. The number of carbonyl (C=O) groups is 1. The second-order valence-corrected chi connectivity index (χ2v) is 4.43. The molecule has 1 saturated heterocycles. The van der Waals surface area contributed by atoms with Crippen molar-refractivity contribution in [3.8, 4) is 0 Å². The van der Waals surface area contributed by atoms with Crippen LogP contribution in [0, 0.1) is 0 Å². The van der Waals surface area contributed by atoms with Gasteiger partial charge in [0, 0.05) is 6.08 Å². The summed E-state index contributed by atoms with van der Waals surface area (Å²) in [6.45, 7) is 4.27. The summed E-state index contributed by atoms with van der Waals surface area (Å²) in [7, 11) is 0. The van der Waals surface area contributed by atoms with Crippen LogP contribution in [0.1, 0.15) is 19.6 Å². The molecule has 0 amide bonds. The SMILES string of the molecule is CC1(C)OCC(COC(=O)C=Cc2ccco2)O1. The second kappa shape index (κ2) is 5.37. The van der Waals surface area contributed by atoms with Crippen LogP contribution < -0.4 is 0 Å². The Morgan fingerprint density at radius 1 is 1.61 bits per heavy atom. The first-order valence-corrected chi connectivity index (χ1v) is 5.75. The van der Waals surface area contributed by atoms with E-state index in [-0.39, 0.29) is 12.7 Å².